The molecule has 3 heteroatoms. The van der Waals surface area contributed by atoms with Crippen molar-refractivity contribution in [2.45, 2.75) is 31.9 Å². The maximum absolute atomic E-state index is 9.32. The Balaban J connectivity index is 2.11. The Morgan fingerprint density at radius 1 is 1.40 bits per heavy atom. The fraction of sp³-hybridized carbons (Fsp3) is 0.417. The minimum atomic E-state index is -0.127. The van der Waals surface area contributed by atoms with Crippen LogP contribution in [0.3, 0.4) is 0 Å². The standard InChI is InChI=1S/C12H14N2O/c1-8-3-2-4-9-7-13-14(12(8)9)10-5-11(15)6-10/h2-4,7,10-11,15H,5-6H2,1H3. The van der Waals surface area contributed by atoms with Gasteiger partial charge in [0.15, 0.2) is 0 Å². The molecule has 1 fully saturated rings. The fourth-order valence-electron chi connectivity index (χ4n) is 2.32. The largest absolute Gasteiger partial charge is 0.393 e. The van der Waals surface area contributed by atoms with Crippen LogP contribution in [0.25, 0.3) is 10.9 Å². The summed E-state index contributed by atoms with van der Waals surface area (Å²) in [5.41, 5.74) is 2.47. The van der Waals surface area contributed by atoms with Gasteiger partial charge in [-0.25, -0.2) is 0 Å². The van der Waals surface area contributed by atoms with Gasteiger partial charge >= 0.3 is 0 Å². The third kappa shape index (κ3) is 1.27. The first-order valence-corrected chi connectivity index (χ1v) is 5.36. The van der Waals surface area contributed by atoms with Crippen LogP contribution in [0, 0.1) is 6.92 Å². The van der Waals surface area contributed by atoms with Crippen molar-refractivity contribution < 1.29 is 5.11 Å². The molecular weight excluding hydrogens is 188 g/mol. The summed E-state index contributed by atoms with van der Waals surface area (Å²) in [5, 5.41) is 14.9. The summed E-state index contributed by atoms with van der Waals surface area (Å²) in [4.78, 5) is 0. The van der Waals surface area contributed by atoms with E-state index in [0.29, 0.717) is 6.04 Å². The predicted molar refractivity (Wildman–Crippen MR) is 58.7 cm³/mol. The Hall–Kier alpha value is -1.35. The average molecular weight is 202 g/mol. The minimum Gasteiger partial charge on any atom is -0.393 e. The van der Waals surface area contributed by atoms with Crippen LogP contribution in [0.1, 0.15) is 24.4 Å². The first kappa shape index (κ1) is 8.92. The highest BCUT2D eigenvalue weighted by Crippen LogP contribution is 2.34. The number of benzene rings is 1. The average Bonchev–Trinajstić information content (AvgIpc) is 2.58. The van der Waals surface area contributed by atoms with Crippen molar-refractivity contribution in [3.63, 3.8) is 0 Å². The second kappa shape index (κ2) is 3.07. The van der Waals surface area contributed by atoms with Crippen molar-refractivity contribution in [1.82, 2.24) is 9.78 Å². The highest BCUT2D eigenvalue weighted by Gasteiger charge is 2.30. The van der Waals surface area contributed by atoms with Gasteiger partial charge in [-0.2, -0.15) is 5.10 Å². The molecule has 1 aromatic heterocycles. The van der Waals surface area contributed by atoms with E-state index in [2.05, 4.69) is 34.9 Å². The second-order valence-electron chi connectivity index (χ2n) is 4.38. The summed E-state index contributed by atoms with van der Waals surface area (Å²) < 4.78 is 2.07. The Kier molecular flexibility index (Phi) is 1.83. The highest BCUT2D eigenvalue weighted by atomic mass is 16.3. The molecule has 2 aromatic rings. The number of aromatic nitrogens is 2. The summed E-state index contributed by atoms with van der Waals surface area (Å²) in [6.45, 7) is 2.11. The molecule has 1 aromatic carbocycles. The van der Waals surface area contributed by atoms with Crippen molar-refractivity contribution >= 4 is 10.9 Å². The van der Waals surface area contributed by atoms with Gasteiger partial charge in [-0.3, -0.25) is 4.68 Å². The summed E-state index contributed by atoms with van der Waals surface area (Å²) in [6, 6.07) is 6.63. The zero-order valence-corrected chi connectivity index (χ0v) is 8.72. The maximum atomic E-state index is 9.32. The van der Waals surface area contributed by atoms with Gasteiger partial charge in [-0.1, -0.05) is 18.2 Å². The zero-order valence-electron chi connectivity index (χ0n) is 8.72. The molecule has 1 aliphatic carbocycles. The van der Waals surface area contributed by atoms with Crippen molar-refractivity contribution in [1.29, 1.82) is 0 Å². The first-order valence-electron chi connectivity index (χ1n) is 5.36. The van der Waals surface area contributed by atoms with Crippen LogP contribution in [0.5, 0.6) is 0 Å². The summed E-state index contributed by atoms with van der Waals surface area (Å²) in [7, 11) is 0. The van der Waals surface area contributed by atoms with Crippen molar-refractivity contribution in [3.05, 3.63) is 30.0 Å². The third-order valence-electron chi connectivity index (χ3n) is 3.25. The van der Waals surface area contributed by atoms with E-state index in [1.165, 1.54) is 16.5 Å². The monoisotopic (exact) mass is 202 g/mol. The zero-order chi connectivity index (χ0) is 10.4. The summed E-state index contributed by atoms with van der Waals surface area (Å²) in [6.07, 6.45) is 3.46. The Labute approximate surface area is 88.3 Å². The molecule has 15 heavy (non-hydrogen) atoms. The van der Waals surface area contributed by atoms with Crippen molar-refractivity contribution in [3.8, 4) is 0 Å². The maximum Gasteiger partial charge on any atom is 0.0714 e. The number of hydrogen-bond acceptors (Lipinski definition) is 2. The second-order valence-corrected chi connectivity index (χ2v) is 4.38. The minimum absolute atomic E-state index is 0.127. The molecule has 0 atom stereocenters. The van der Waals surface area contributed by atoms with Crippen LogP contribution in [-0.4, -0.2) is 21.0 Å². The van der Waals surface area contributed by atoms with Crippen LogP contribution < -0.4 is 0 Å². The van der Waals surface area contributed by atoms with E-state index in [1.54, 1.807) is 0 Å². The lowest BCUT2D eigenvalue weighted by molar-refractivity contribution is 0.0453. The molecule has 78 valence electrons. The normalized spacial score (nSPS) is 25.5. The number of para-hydroxylation sites is 1. The van der Waals surface area contributed by atoms with Crippen LogP contribution in [-0.2, 0) is 0 Å². The fourth-order valence-corrected chi connectivity index (χ4v) is 2.32. The van der Waals surface area contributed by atoms with E-state index in [4.69, 9.17) is 0 Å². The van der Waals surface area contributed by atoms with Gasteiger partial charge in [-0.05, 0) is 25.3 Å². The van der Waals surface area contributed by atoms with E-state index in [0.717, 1.165) is 12.8 Å². The van der Waals surface area contributed by atoms with E-state index < -0.39 is 0 Å². The molecular formula is C12H14N2O. The Morgan fingerprint density at radius 3 is 2.93 bits per heavy atom. The molecule has 0 saturated heterocycles. The molecule has 0 bridgehead atoms. The molecule has 1 saturated carbocycles. The van der Waals surface area contributed by atoms with E-state index in [-0.39, 0.29) is 6.10 Å². The molecule has 0 unspecified atom stereocenters. The Morgan fingerprint density at radius 2 is 2.20 bits per heavy atom. The van der Waals surface area contributed by atoms with E-state index in [9.17, 15) is 5.11 Å². The molecule has 0 spiro atoms. The smallest absolute Gasteiger partial charge is 0.0714 e. The number of fused-ring (bicyclic) bond motifs is 1. The predicted octanol–water partition coefficient (Wildman–Crippen LogP) is 2.04. The lowest BCUT2D eigenvalue weighted by Gasteiger charge is -2.32. The van der Waals surface area contributed by atoms with Crippen LogP contribution in [0.2, 0.25) is 0 Å². The molecule has 0 aliphatic heterocycles. The number of hydrogen-bond donors (Lipinski definition) is 1. The van der Waals surface area contributed by atoms with Crippen LogP contribution in [0.15, 0.2) is 24.4 Å². The lowest BCUT2D eigenvalue weighted by Crippen LogP contribution is -2.31. The lowest BCUT2D eigenvalue weighted by atomic mass is 9.89. The molecule has 3 rings (SSSR count). The van der Waals surface area contributed by atoms with Gasteiger partial charge in [0.2, 0.25) is 0 Å². The topological polar surface area (TPSA) is 38.0 Å². The number of aliphatic hydroxyl groups is 1. The number of rotatable bonds is 1. The van der Waals surface area contributed by atoms with Gasteiger partial charge in [0, 0.05) is 5.39 Å². The van der Waals surface area contributed by atoms with Gasteiger partial charge in [-0.15, -0.1) is 0 Å². The number of nitrogens with zero attached hydrogens (tertiary/aromatic N) is 2. The van der Waals surface area contributed by atoms with Gasteiger partial charge in [0.05, 0.1) is 23.9 Å². The number of aryl methyl sites for hydroxylation is 1. The van der Waals surface area contributed by atoms with Crippen LogP contribution in [0.4, 0.5) is 0 Å². The van der Waals surface area contributed by atoms with Gasteiger partial charge in [0.25, 0.3) is 0 Å². The van der Waals surface area contributed by atoms with Crippen molar-refractivity contribution in [2.75, 3.05) is 0 Å². The molecule has 0 amide bonds. The SMILES string of the molecule is Cc1cccc2cnn(C3CC(O)C3)c12. The molecule has 1 N–H and O–H groups in total. The third-order valence-corrected chi connectivity index (χ3v) is 3.25. The highest BCUT2D eigenvalue weighted by molar-refractivity contribution is 5.81. The van der Waals surface area contributed by atoms with E-state index >= 15 is 0 Å². The Bertz CT molecular complexity index is 497. The first-order chi connectivity index (χ1) is 7.25. The molecule has 3 nitrogen and oxygen atoms in total. The summed E-state index contributed by atoms with van der Waals surface area (Å²) >= 11 is 0. The van der Waals surface area contributed by atoms with Gasteiger partial charge < -0.3 is 5.11 Å². The van der Waals surface area contributed by atoms with Crippen LogP contribution >= 0.6 is 0 Å². The quantitative estimate of drug-likeness (QED) is 0.768. The van der Waals surface area contributed by atoms with Crippen molar-refractivity contribution in [2.24, 2.45) is 0 Å². The van der Waals surface area contributed by atoms with Gasteiger partial charge in [0.1, 0.15) is 0 Å². The molecule has 1 heterocycles. The number of aliphatic hydroxyl groups excluding tert-OH is 1. The van der Waals surface area contributed by atoms with E-state index in [1.807, 2.05) is 6.20 Å². The molecule has 0 radical (unpaired) electrons. The molecule has 1 aliphatic rings. The summed E-state index contributed by atoms with van der Waals surface area (Å²) in [5.74, 6) is 0.